The third-order valence-electron chi connectivity index (χ3n) is 3.41. The fourth-order valence-corrected chi connectivity index (χ4v) is 3.14. The van der Waals surface area contributed by atoms with Crippen LogP contribution in [0.25, 0.3) is 0 Å². The van der Waals surface area contributed by atoms with Gasteiger partial charge in [-0.25, -0.2) is 0 Å². The highest BCUT2D eigenvalue weighted by atomic mass is 35.5. The van der Waals surface area contributed by atoms with Crippen LogP contribution in [-0.2, 0) is 16.1 Å². The van der Waals surface area contributed by atoms with Crippen molar-refractivity contribution in [3.05, 3.63) is 59.1 Å². The number of carboxylic acids is 1. The summed E-state index contributed by atoms with van der Waals surface area (Å²) in [6.07, 6.45) is 0.562. The van der Waals surface area contributed by atoms with Gasteiger partial charge in [-0.15, -0.1) is 11.8 Å². The lowest BCUT2D eigenvalue weighted by Gasteiger charge is -2.08. The predicted octanol–water partition coefficient (Wildman–Crippen LogP) is 3.99. The van der Waals surface area contributed by atoms with Crippen LogP contribution in [0.15, 0.2) is 53.4 Å². The summed E-state index contributed by atoms with van der Waals surface area (Å²) in [6, 6.07) is 14.8. The van der Waals surface area contributed by atoms with Gasteiger partial charge in [0.15, 0.2) is 0 Å². The molecule has 26 heavy (non-hydrogen) atoms. The summed E-state index contributed by atoms with van der Waals surface area (Å²) in [6.45, 7) is 0.795. The molecule has 2 aromatic rings. The number of hydrogen-bond donors (Lipinski definition) is 2. The first-order chi connectivity index (χ1) is 12.5. The van der Waals surface area contributed by atoms with E-state index in [1.54, 1.807) is 18.2 Å². The van der Waals surface area contributed by atoms with Gasteiger partial charge < -0.3 is 15.2 Å². The van der Waals surface area contributed by atoms with Crippen molar-refractivity contribution in [3.8, 4) is 5.75 Å². The van der Waals surface area contributed by atoms with Crippen LogP contribution in [-0.4, -0.2) is 29.3 Å². The molecule has 1 amide bonds. The number of rotatable bonds is 10. The van der Waals surface area contributed by atoms with Gasteiger partial charge in [0.05, 0.1) is 17.4 Å². The summed E-state index contributed by atoms with van der Waals surface area (Å²) in [5.74, 6) is 0.0881. The minimum atomic E-state index is -0.826. The zero-order chi connectivity index (χ0) is 18.8. The molecule has 0 aromatic heterocycles. The Kier molecular flexibility index (Phi) is 8.31. The Morgan fingerprint density at radius 1 is 1.12 bits per heavy atom. The zero-order valence-electron chi connectivity index (χ0n) is 14.1. The number of carboxylic acid groups (broad SMARTS) is 1. The fraction of sp³-hybridized carbons (Fsp3) is 0.263. The standard InChI is InChI=1S/C19H20ClNO4S/c20-16-4-1-2-5-17(16)26-13-18(22)21-12-14-7-9-15(10-8-14)25-11-3-6-19(23)24/h1-2,4-5,7-10H,3,6,11-13H2,(H,21,22)(H,23,24). The number of ether oxygens (including phenoxy) is 1. The lowest BCUT2D eigenvalue weighted by atomic mass is 10.2. The largest absolute Gasteiger partial charge is 0.494 e. The maximum atomic E-state index is 11.9. The van der Waals surface area contributed by atoms with Crippen molar-refractivity contribution in [2.45, 2.75) is 24.3 Å². The van der Waals surface area contributed by atoms with Crippen LogP contribution in [0.4, 0.5) is 0 Å². The van der Waals surface area contributed by atoms with Gasteiger partial charge in [0.2, 0.25) is 5.91 Å². The maximum Gasteiger partial charge on any atom is 0.303 e. The van der Waals surface area contributed by atoms with Crippen LogP contribution < -0.4 is 10.1 Å². The minimum absolute atomic E-state index is 0.0658. The van der Waals surface area contributed by atoms with Crippen LogP contribution in [0.5, 0.6) is 5.75 Å². The molecule has 5 nitrogen and oxygen atoms in total. The molecule has 0 spiro atoms. The number of benzene rings is 2. The zero-order valence-corrected chi connectivity index (χ0v) is 15.7. The van der Waals surface area contributed by atoms with E-state index in [2.05, 4.69) is 5.32 Å². The molecule has 0 aliphatic rings. The van der Waals surface area contributed by atoms with Crippen molar-refractivity contribution in [2.24, 2.45) is 0 Å². The van der Waals surface area contributed by atoms with Crippen LogP contribution in [0.2, 0.25) is 5.02 Å². The molecular formula is C19H20ClNO4S. The first kappa shape index (κ1) is 20.1. The van der Waals surface area contributed by atoms with E-state index in [0.717, 1.165) is 10.5 Å². The Morgan fingerprint density at radius 3 is 2.54 bits per heavy atom. The molecule has 0 aliphatic heterocycles. The minimum Gasteiger partial charge on any atom is -0.494 e. The molecule has 2 aromatic carbocycles. The molecule has 0 bridgehead atoms. The number of nitrogens with one attached hydrogen (secondary N) is 1. The van der Waals surface area contributed by atoms with Gasteiger partial charge in [0.25, 0.3) is 0 Å². The third kappa shape index (κ3) is 7.37. The molecule has 7 heteroatoms. The molecule has 0 atom stereocenters. The molecule has 0 saturated carbocycles. The highest BCUT2D eigenvalue weighted by Crippen LogP contribution is 2.26. The van der Waals surface area contributed by atoms with Crippen LogP contribution in [0.1, 0.15) is 18.4 Å². The van der Waals surface area contributed by atoms with Gasteiger partial charge in [-0.05, 0) is 36.2 Å². The first-order valence-electron chi connectivity index (χ1n) is 8.12. The van der Waals surface area contributed by atoms with Gasteiger partial charge in [-0.2, -0.15) is 0 Å². The Labute approximate surface area is 161 Å². The van der Waals surface area contributed by atoms with Crippen molar-refractivity contribution in [1.29, 1.82) is 0 Å². The van der Waals surface area contributed by atoms with Crippen molar-refractivity contribution in [1.82, 2.24) is 5.32 Å². The van der Waals surface area contributed by atoms with Crippen molar-refractivity contribution >= 4 is 35.2 Å². The average Bonchev–Trinajstić information content (AvgIpc) is 2.63. The van der Waals surface area contributed by atoms with Crippen molar-refractivity contribution in [2.75, 3.05) is 12.4 Å². The SMILES string of the molecule is O=C(O)CCCOc1ccc(CNC(=O)CSc2ccccc2Cl)cc1. The molecule has 0 radical (unpaired) electrons. The number of aliphatic carboxylic acids is 1. The second kappa shape index (κ2) is 10.7. The smallest absolute Gasteiger partial charge is 0.303 e. The number of halogens is 1. The van der Waals surface area contributed by atoms with E-state index in [4.69, 9.17) is 21.4 Å². The molecule has 2 rings (SSSR count). The van der Waals surface area contributed by atoms with Crippen LogP contribution >= 0.6 is 23.4 Å². The number of thioether (sulfide) groups is 1. The van der Waals surface area contributed by atoms with Crippen molar-refractivity contribution < 1.29 is 19.4 Å². The molecule has 2 N–H and O–H groups in total. The molecule has 138 valence electrons. The van der Waals surface area contributed by atoms with E-state index >= 15 is 0 Å². The number of amides is 1. The normalized spacial score (nSPS) is 10.3. The predicted molar refractivity (Wildman–Crippen MR) is 103 cm³/mol. The van der Waals surface area contributed by atoms with E-state index < -0.39 is 5.97 Å². The Morgan fingerprint density at radius 2 is 1.85 bits per heavy atom. The van der Waals surface area contributed by atoms with Crippen LogP contribution in [0, 0.1) is 0 Å². The van der Waals surface area contributed by atoms with Crippen LogP contribution in [0.3, 0.4) is 0 Å². The maximum absolute atomic E-state index is 11.9. The highest BCUT2D eigenvalue weighted by Gasteiger charge is 2.05. The van der Waals surface area contributed by atoms with E-state index in [1.165, 1.54) is 11.8 Å². The number of carbonyl (C=O) groups excluding carboxylic acids is 1. The molecular weight excluding hydrogens is 374 g/mol. The van der Waals surface area contributed by atoms with Gasteiger partial charge in [-0.3, -0.25) is 9.59 Å². The van der Waals surface area contributed by atoms with Gasteiger partial charge in [-0.1, -0.05) is 35.9 Å². The van der Waals surface area contributed by atoms with E-state index in [9.17, 15) is 9.59 Å². The Hall–Kier alpha value is -2.18. The van der Waals surface area contributed by atoms with Gasteiger partial charge >= 0.3 is 5.97 Å². The van der Waals surface area contributed by atoms with Gasteiger partial charge in [0, 0.05) is 17.9 Å². The number of carbonyl (C=O) groups is 2. The monoisotopic (exact) mass is 393 g/mol. The second-order valence-corrected chi connectivity index (χ2v) is 6.91. The van der Waals surface area contributed by atoms with E-state index in [0.29, 0.717) is 36.1 Å². The average molecular weight is 394 g/mol. The third-order valence-corrected chi connectivity index (χ3v) is 4.93. The summed E-state index contributed by atoms with van der Waals surface area (Å²) >= 11 is 7.46. The summed E-state index contributed by atoms with van der Waals surface area (Å²) in [5.41, 5.74) is 0.957. The van der Waals surface area contributed by atoms with Gasteiger partial charge in [0.1, 0.15) is 5.75 Å². The summed E-state index contributed by atoms with van der Waals surface area (Å²) < 4.78 is 5.47. The molecule has 0 aliphatic carbocycles. The molecule has 0 heterocycles. The molecule has 0 unspecified atom stereocenters. The number of hydrogen-bond acceptors (Lipinski definition) is 4. The van der Waals surface area contributed by atoms with E-state index in [1.807, 2.05) is 30.3 Å². The summed E-state index contributed by atoms with van der Waals surface area (Å²) in [4.78, 5) is 23.3. The summed E-state index contributed by atoms with van der Waals surface area (Å²) in [7, 11) is 0. The van der Waals surface area contributed by atoms with Crippen molar-refractivity contribution in [3.63, 3.8) is 0 Å². The molecule has 0 saturated heterocycles. The lowest BCUT2D eigenvalue weighted by molar-refractivity contribution is -0.137. The lowest BCUT2D eigenvalue weighted by Crippen LogP contribution is -2.24. The Balaban J connectivity index is 1.69. The molecule has 0 fully saturated rings. The quantitative estimate of drug-likeness (QED) is 0.471. The fourth-order valence-electron chi connectivity index (χ4n) is 2.07. The van der Waals surface area contributed by atoms with E-state index in [-0.39, 0.29) is 12.3 Å². The second-order valence-electron chi connectivity index (χ2n) is 5.49. The topological polar surface area (TPSA) is 75.6 Å². The summed E-state index contributed by atoms with van der Waals surface area (Å²) in [5, 5.41) is 12.1. The Bertz CT molecular complexity index is 737. The highest BCUT2D eigenvalue weighted by molar-refractivity contribution is 8.00. The first-order valence-corrected chi connectivity index (χ1v) is 9.48.